The second-order valence-electron chi connectivity index (χ2n) is 5.70. The molecule has 0 aliphatic heterocycles. The lowest BCUT2D eigenvalue weighted by Crippen LogP contribution is -2.36. The zero-order valence-corrected chi connectivity index (χ0v) is 15.6. The Morgan fingerprint density at radius 3 is 2.46 bits per heavy atom. The van der Waals surface area contributed by atoms with Crippen LogP contribution in [0.25, 0.3) is 11.4 Å². The first-order chi connectivity index (χ1) is 11.5. The van der Waals surface area contributed by atoms with Crippen LogP contribution in [0.2, 0.25) is 0 Å². The molecule has 0 fully saturated rings. The molecule has 1 aromatic carbocycles. The molecule has 1 unspecified atom stereocenters. The highest BCUT2D eigenvalue weighted by Gasteiger charge is 2.20. The van der Waals surface area contributed by atoms with E-state index < -0.39 is 0 Å². The van der Waals surface area contributed by atoms with Gasteiger partial charge in [0.1, 0.15) is 5.75 Å². The number of hydrogen-bond acceptors (Lipinski definition) is 5. The van der Waals surface area contributed by atoms with Crippen LogP contribution in [-0.2, 0) is 11.3 Å². The number of rotatable bonds is 7. The Morgan fingerprint density at radius 2 is 1.92 bits per heavy atom. The van der Waals surface area contributed by atoms with Gasteiger partial charge in [-0.05, 0) is 52.0 Å². The van der Waals surface area contributed by atoms with Gasteiger partial charge in [-0.25, -0.2) is 0 Å². The number of nitrogens with zero attached hydrogens (tertiary/aromatic N) is 3. The number of carbonyl (C=O) groups is 1. The summed E-state index contributed by atoms with van der Waals surface area (Å²) in [6.07, 6.45) is 0. The lowest BCUT2D eigenvalue weighted by atomic mass is 10.2. The van der Waals surface area contributed by atoms with Crippen molar-refractivity contribution in [2.24, 2.45) is 0 Å². The third-order valence-corrected chi connectivity index (χ3v) is 4.54. The summed E-state index contributed by atoms with van der Waals surface area (Å²) in [5.74, 6) is 1.60. The largest absolute Gasteiger partial charge is 0.497 e. The second kappa shape index (κ2) is 8.19. The van der Waals surface area contributed by atoms with Gasteiger partial charge in [-0.1, -0.05) is 11.8 Å². The summed E-state index contributed by atoms with van der Waals surface area (Å²) in [5, 5.41) is 12.0. The van der Waals surface area contributed by atoms with Crippen LogP contribution in [0.3, 0.4) is 0 Å². The molecule has 7 heteroatoms. The third-order valence-electron chi connectivity index (χ3n) is 3.46. The Kier molecular flexibility index (Phi) is 6.25. The van der Waals surface area contributed by atoms with Crippen LogP contribution in [0, 0.1) is 0 Å². The van der Waals surface area contributed by atoms with E-state index in [0.717, 1.165) is 28.8 Å². The number of carbonyl (C=O) groups excluding carboxylic acids is 1. The van der Waals surface area contributed by atoms with Gasteiger partial charge in [-0.2, -0.15) is 0 Å². The molecular formula is C17H24N4O2S. The van der Waals surface area contributed by atoms with Crippen molar-refractivity contribution in [2.45, 2.75) is 50.7 Å². The lowest BCUT2D eigenvalue weighted by molar-refractivity contribution is -0.120. The molecule has 1 aromatic heterocycles. The van der Waals surface area contributed by atoms with Crippen molar-refractivity contribution in [3.8, 4) is 17.1 Å². The molecule has 1 N–H and O–H groups in total. The maximum atomic E-state index is 12.1. The van der Waals surface area contributed by atoms with E-state index in [4.69, 9.17) is 4.74 Å². The molecule has 0 radical (unpaired) electrons. The van der Waals surface area contributed by atoms with E-state index in [0.29, 0.717) is 0 Å². The molecule has 0 saturated carbocycles. The first kappa shape index (κ1) is 18.3. The molecule has 0 aliphatic carbocycles. The predicted molar refractivity (Wildman–Crippen MR) is 96.3 cm³/mol. The fourth-order valence-corrected chi connectivity index (χ4v) is 3.15. The van der Waals surface area contributed by atoms with Crippen molar-refractivity contribution in [1.29, 1.82) is 0 Å². The zero-order chi connectivity index (χ0) is 17.7. The van der Waals surface area contributed by atoms with Crippen LogP contribution in [0.1, 0.15) is 27.7 Å². The molecule has 0 saturated heterocycles. The summed E-state index contributed by atoms with van der Waals surface area (Å²) < 4.78 is 7.21. The van der Waals surface area contributed by atoms with Gasteiger partial charge >= 0.3 is 0 Å². The van der Waals surface area contributed by atoms with Gasteiger partial charge in [0.15, 0.2) is 11.0 Å². The van der Waals surface area contributed by atoms with E-state index in [9.17, 15) is 4.79 Å². The molecule has 0 bridgehead atoms. The molecule has 0 aliphatic rings. The highest BCUT2D eigenvalue weighted by Crippen LogP contribution is 2.27. The van der Waals surface area contributed by atoms with E-state index in [1.54, 1.807) is 7.11 Å². The molecular weight excluding hydrogens is 324 g/mol. The van der Waals surface area contributed by atoms with Crippen molar-refractivity contribution >= 4 is 17.7 Å². The van der Waals surface area contributed by atoms with E-state index in [2.05, 4.69) is 15.5 Å². The minimum Gasteiger partial charge on any atom is -0.497 e. The quantitative estimate of drug-likeness (QED) is 0.779. The predicted octanol–water partition coefficient (Wildman–Crippen LogP) is 2.98. The molecule has 130 valence electrons. The number of amides is 1. The van der Waals surface area contributed by atoms with Crippen molar-refractivity contribution in [3.63, 3.8) is 0 Å². The molecule has 1 amide bonds. The zero-order valence-electron chi connectivity index (χ0n) is 14.7. The average molecular weight is 348 g/mol. The van der Waals surface area contributed by atoms with Crippen LogP contribution in [0.4, 0.5) is 0 Å². The van der Waals surface area contributed by atoms with E-state index in [-0.39, 0.29) is 17.2 Å². The maximum absolute atomic E-state index is 12.1. The number of methoxy groups -OCH3 is 1. The summed E-state index contributed by atoms with van der Waals surface area (Å²) in [4.78, 5) is 12.1. The summed E-state index contributed by atoms with van der Waals surface area (Å²) >= 11 is 1.42. The molecule has 2 rings (SSSR count). The molecule has 1 atom stereocenters. The Morgan fingerprint density at radius 1 is 1.25 bits per heavy atom. The fourth-order valence-electron chi connectivity index (χ4n) is 2.23. The van der Waals surface area contributed by atoms with Crippen LogP contribution < -0.4 is 10.1 Å². The van der Waals surface area contributed by atoms with Crippen LogP contribution >= 0.6 is 11.8 Å². The first-order valence-corrected chi connectivity index (χ1v) is 8.88. The van der Waals surface area contributed by atoms with Gasteiger partial charge < -0.3 is 14.6 Å². The molecule has 24 heavy (non-hydrogen) atoms. The standard InChI is InChI=1S/C17H24N4O2S/c1-6-21-15(13-7-9-14(23-5)10-8-13)19-20-17(21)24-12(4)16(22)18-11(2)3/h7-12H,6H2,1-5H3,(H,18,22). The van der Waals surface area contributed by atoms with Crippen molar-refractivity contribution in [3.05, 3.63) is 24.3 Å². The number of ether oxygens (including phenoxy) is 1. The maximum Gasteiger partial charge on any atom is 0.233 e. The number of thioether (sulfide) groups is 1. The Labute approximate surface area is 147 Å². The summed E-state index contributed by atoms with van der Waals surface area (Å²) in [5.41, 5.74) is 0.969. The molecule has 6 nitrogen and oxygen atoms in total. The minimum atomic E-state index is -0.231. The number of aromatic nitrogens is 3. The van der Waals surface area contributed by atoms with Gasteiger partial charge in [0, 0.05) is 18.2 Å². The topological polar surface area (TPSA) is 69.0 Å². The summed E-state index contributed by atoms with van der Waals surface area (Å²) in [6.45, 7) is 8.55. The van der Waals surface area contributed by atoms with Gasteiger partial charge in [-0.3, -0.25) is 4.79 Å². The first-order valence-electron chi connectivity index (χ1n) is 8.00. The highest BCUT2D eigenvalue weighted by atomic mass is 32.2. The Hall–Kier alpha value is -2.02. The van der Waals surface area contributed by atoms with Crippen LogP contribution in [0.15, 0.2) is 29.4 Å². The second-order valence-corrected chi connectivity index (χ2v) is 7.01. The van der Waals surface area contributed by atoms with Crippen LogP contribution in [0.5, 0.6) is 5.75 Å². The van der Waals surface area contributed by atoms with Crippen molar-refractivity contribution in [1.82, 2.24) is 20.1 Å². The number of hydrogen-bond donors (Lipinski definition) is 1. The van der Waals surface area contributed by atoms with E-state index in [1.807, 2.05) is 56.5 Å². The SMILES string of the molecule is CCn1c(SC(C)C(=O)NC(C)C)nnc1-c1ccc(OC)cc1. The smallest absolute Gasteiger partial charge is 0.233 e. The third kappa shape index (κ3) is 4.29. The molecule has 1 heterocycles. The normalized spacial score (nSPS) is 12.2. The summed E-state index contributed by atoms with van der Waals surface area (Å²) in [6, 6.07) is 7.83. The Balaban J connectivity index is 2.20. The number of benzene rings is 1. The molecule has 2 aromatic rings. The minimum absolute atomic E-state index is 0.00616. The van der Waals surface area contributed by atoms with Crippen molar-refractivity contribution < 1.29 is 9.53 Å². The van der Waals surface area contributed by atoms with Crippen LogP contribution in [-0.4, -0.2) is 39.1 Å². The van der Waals surface area contributed by atoms with Gasteiger partial charge in [-0.15, -0.1) is 10.2 Å². The van der Waals surface area contributed by atoms with Gasteiger partial charge in [0.2, 0.25) is 5.91 Å². The fraction of sp³-hybridized carbons (Fsp3) is 0.471. The van der Waals surface area contributed by atoms with E-state index >= 15 is 0 Å². The monoisotopic (exact) mass is 348 g/mol. The number of nitrogens with one attached hydrogen (secondary N) is 1. The van der Waals surface area contributed by atoms with Gasteiger partial charge in [0.25, 0.3) is 0 Å². The molecule has 0 spiro atoms. The van der Waals surface area contributed by atoms with Crippen molar-refractivity contribution in [2.75, 3.05) is 7.11 Å². The van der Waals surface area contributed by atoms with E-state index in [1.165, 1.54) is 11.8 Å². The Bertz CT molecular complexity index is 682. The average Bonchev–Trinajstić information content (AvgIpc) is 2.96. The highest BCUT2D eigenvalue weighted by molar-refractivity contribution is 8.00. The lowest BCUT2D eigenvalue weighted by Gasteiger charge is -2.14. The summed E-state index contributed by atoms with van der Waals surface area (Å²) in [7, 11) is 1.64. The van der Waals surface area contributed by atoms with Gasteiger partial charge in [0.05, 0.1) is 12.4 Å².